The zero-order valence-corrected chi connectivity index (χ0v) is 10.1. The predicted octanol–water partition coefficient (Wildman–Crippen LogP) is 0.873. The molecule has 0 N–H and O–H groups in total. The number of hydrogen-bond acceptors (Lipinski definition) is 4. The standard InChI is InChI=1S/C9H11N3O4S/c1-11(2)7-10-17(15,16)9-6-4-3-5-8(9)12(13)14/h3-7H,1-2H3/b10-7+. The second-order valence-corrected chi connectivity index (χ2v) is 4.99. The summed E-state index contributed by atoms with van der Waals surface area (Å²) >= 11 is 0. The van der Waals surface area contributed by atoms with Crippen molar-refractivity contribution in [1.82, 2.24) is 4.90 Å². The van der Waals surface area contributed by atoms with Crippen molar-refractivity contribution >= 4 is 22.0 Å². The van der Waals surface area contributed by atoms with Crippen molar-refractivity contribution in [3.8, 4) is 0 Å². The van der Waals surface area contributed by atoms with E-state index < -0.39 is 25.5 Å². The lowest BCUT2D eigenvalue weighted by atomic mass is 10.3. The first-order chi connectivity index (χ1) is 7.84. The molecule has 1 aromatic carbocycles. The smallest absolute Gasteiger partial charge is 0.290 e. The predicted molar refractivity (Wildman–Crippen MR) is 62.5 cm³/mol. The Morgan fingerprint density at radius 2 is 1.94 bits per heavy atom. The van der Waals surface area contributed by atoms with Crippen molar-refractivity contribution < 1.29 is 13.3 Å². The molecule has 0 aliphatic rings. The summed E-state index contributed by atoms with van der Waals surface area (Å²) in [6.07, 6.45) is 1.08. The third-order valence-electron chi connectivity index (χ3n) is 1.76. The SMILES string of the molecule is CN(C)/C=N/S(=O)(=O)c1ccccc1[N+](=O)[O-]. The lowest BCUT2D eigenvalue weighted by molar-refractivity contribution is -0.387. The number of hydrogen-bond donors (Lipinski definition) is 0. The summed E-state index contributed by atoms with van der Waals surface area (Å²) in [5.41, 5.74) is -0.483. The van der Waals surface area contributed by atoms with Gasteiger partial charge in [-0.2, -0.15) is 8.42 Å². The van der Waals surface area contributed by atoms with Gasteiger partial charge in [-0.1, -0.05) is 12.1 Å². The van der Waals surface area contributed by atoms with Gasteiger partial charge in [-0.15, -0.1) is 4.40 Å². The van der Waals surface area contributed by atoms with Crippen molar-refractivity contribution in [3.63, 3.8) is 0 Å². The number of nitro groups is 1. The van der Waals surface area contributed by atoms with Gasteiger partial charge in [-0.25, -0.2) is 0 Å². The van der Waals surface area contributed by atoms with Crippen LogP contribution in [-0.4, -0.2) is 38.7 Å². The fraction of sp³-hybridized carbons (Fsp3) is 0.222. The van der Waals surface area contributed by atoms with Crippen LogP contribution in [0.15, 0.2) is 33.6 Å². The minimum absolute atomic E-state index is 0.414. The van der Waals surface area contributed by atoms with Crippen LogP contribution in [-0.2, 0) is 10.0 Å². The van der Waals surface area contributed by atoms with Gasteiger partial charge < -0.3 is 4.90 Å². The van der Waals surface area contributed by atoms with Crippen LogP contribution in [0.25, 0.3) is 0 Å². The molecule has 0 radical (unpaired) electrons. The number of benzene rings is 1. The summed E-state index contributed by atoms with van der Waals surface area (Å²) in [7, 11) is -0.854. The van der Waals surface area contributed by atoms with Gasteiger partial charge in [0, 0.05) is 20.2 Å². The lowest BCUT2D eigenvalue weighted by Crippen LogP contribution is -2.10. The lowest BCUT2D eigenvalue weighted by Gasteiger charge is -2.03. The van der Waals surface area contributed by atoms with E-state index in [9.17, 15) is 18.5 Å². The van der Waals surface area contributed by atoms with E-state index in [1.54, 1.807) is 14.1 Å². The number of nitro benzene ring substituents is 1. The largest absolute Gasteiger partial charge is 0.368 e. The van der Waals surface area contributed by atoms with Crippen LogP contribution in [0.4, 0.5) is 5.69 Å². The molecule has 0 amide bonds. The van der Waals surface area contributed by atoms with Crippen molar-refractivity contribution in [2.24, 2.45) is 4.40 Å². The van der Waals surface area contributed by atoms with E-state index in [1.165, 1.54) is 17.0 Å². The molecule has 0 aliphatic heterocycles. The monoisotopic (exact) mass is 257 g/mol. The molecule has 0 heterocycles. The average molecular weight is 257 g/mol. The van der Waals surface area contributed by atoms with E-state index in [0.29, 0.717) is 0 Å². The van der Waals surface area contributed by atoms with Crippen LogP contribution in [0.1, 0.15) is 0 Å². The quantitative estimate of drug-likeness (QED) is 0.345. The summed E-state index contributed by atoms with van der Waals surface area (Å²) < 4.78 is 26.8. The van der Waals surface area contributed by atoms with E-state index >= 15 is 0 Å². The first-order valence-electron chi connectivity index (χ1n) is 4.55. The molecule has 1 rings (SSSR count). The Kier molecular flexibility index (Phi) is 3.79. The van der Waals surface area contributed by atoms with E-state index in [2.05, 4.69) is 4.40 Å². The first-order valence-corrected chi connectivity index (χ1v) is 5.99. The second-order valence-electron chi connectivity index (χ2n) is 3.38. The zero-order valence-electron chi connectivity index (χ0n) is 9.27. The van der Waals surface area contributed by atoms with Gasteiger partial charge in [0.1, 0.15) is 6.34 Å². The van der Waals surface area contributed by atoms with Crippen LogP contribution in [0.3, 0.4) is 0 Å². The molecule has 0 bridgehead atoms. The number of para-hydroxylation sites is 1. The maximum atomic E-state index is 11.7. The fourth-order valence-corrected chi connectivity index (χ4v) is 2.12. The van der Waals surface area contributed by atoms with Crippen LogP contribution in [0.2, 0.25) is 0 Å². The number of sulfonamides is 1. The summed E-state index contributed by atoms with van der Waals surface area (Å²) in [6, 6.07) is 5.08. The third kappa shape index (κ3) is 3.25. The molecule has 7 nitrogen and oxygen atoms in total. The molecule has 0 saturated heterocycles. The van der Waals surface area contributed by atoms with Crippen molar-refractivity contribution in [2.75, 3.05) is 14.1 Å². The van der Waals surface area contributed by atoms with Gasteiger partial charge in [-0.3, -0.25) is 10.1 Å². The Bertz CT molecular complexity index is 551. The number of nitrogens with zero attached hydrogens (tertiary/aromatic N) is 3. The summed E-state index contributed by atoms with van der Waals surface area (Å²) in [5, 5.41) is 10.7. The normalized spacial score (nSPS) is 11.6. The van der Waals surface area contributed by atoms with Crippen LogP contribution >= 0.6 is 0 Å². The van der Waals surface area contributed by atoms with Crippen molar-refractivity contribution in [3.05, 3.63) is 34.4 Å². The van der Waals surface area contributed by atoms with E-state index in [1.807, 2.05) is 0 Å². The molecule has 0 atom stereocenters. The molecule has 0 spiro atoms. The van der Waals surface area contributed by atoms with Crippen molar-refractivity contribution in [1.29, 1.82) is 0 Å². The molecule has 0 fully saturated rings. The van der Waals surface area contributed by atoms with E-state index in [0.717, 1.165) is 18.5 Å². The minimum atomic E-state index is -4.04. The van der Waals surface area contributed by atoms with Crippen LogP contribution in [0.5, 0.6) is 0 Å². The second kappa shape index (κ2) is 4.91. The average Bonchev–Trinajstić information content (AvgIpc) is 2.26. The Labute approximate surface area is 98.6 Å². The summed E-state index contributed by atoms with van der Waals surface area (Å²) in [5.74, 6) is 0. The maximum Gasteiger partial charge on any atom is 0.290 e. The maximum absolute atomic E-state index is 11.7. The first kappa shape index (κ1) is 13.1. The van der Waals surface area contributed by atoms with E-state index in [-0.39, 0.29) is 0 Å². The minimum Gasteiger partial charge on any atom is -0.368 e. The van der Waals surface area contributed by atoms with Crippen LogP contribution in [0, 0.1) is 10.1 Å². The Morgan fingerprint density at radius 1 is 1.35 bits per heavy atom. The highest BCUT2D eigenvalue weighted by molar-refractivity contribution is 7.90. The highest BCUT2D eigenvalue weighted by atomic mass is 32.2. The molecule has 17 heavy (non-hydrogen) atoms. The Morgan fingerprint density at radius 3 is 2.47 bits per heavy atom. The van der Waals surface area contributed by atoms with Crippen LogP contribution < -0.4 is 0 Å². The Balaban J connectivity index is 3.29. The molecule has 0 unspecified atom stereocenters. The van der Waals surface area contributed by atoms with Crippen molar-refractivity contribution in [2.45, 2.75) is 4.90 Å². The summed E-state index contributed by atoms with van der Waals surface area (Å²) in [6.45, 7) is 0. The molecular formula is C9H11N3O4S. The molecule has 0 aliphatic carbocycles. The highest BCUT2D eigenvalue weighted by Crippen LogP contribution is 2.24. The topological polar surface area (TPSA) is 92.9 Å². The number of rotatable bonds is 4. The Hall–Kier alpha value is -1.96. The van der Waals surface area contributed by atoms with Gasteiger partial charge in [0.15, 0.2) is 4.90 Å². The molecule has 8 heteroatoms. The molecule has 0 saturated carbocycles. The van der Waals surface area contributed by atoms with Gasteiger partial charge in [-0.05, 0) is 6.07 Å². The van der Waals surface area contributed by atoms with Gasteiger partial charge >= 0.3 is 0 Å². The summed E-state index contributed by atoms with van der Waals surface area (Å²) in [4.78, 5) is 10.9. The molecule has 1 aromatic rings. The van der Waals surface area contributed by atoms with E-state index in [4.69, 9.17) is 0 Å². The molecule has 0 aromatic heterocycles. The molecule has 92 valence electrons. The molecular weight excluding hydrogens is 246 g/mol. The zero-order chi connectivity index (χ0) is 13.1. The van der Waals surface area contributed by atoms with Gasteiger partial charge in [0.25, 0.3) is 15.7 Å². The highest BCUT2D eigenvalue weighted by Gasteiger charge is 2.23. The van der Waals surface area contributed by atoms with Gasteiger partial charge in [0.2, 0.25) is 0 Å². The van der Waals surface area contributed by atoms with Gasteiger partial charge in [0.05, 0.1) is 4.92 Å². The fourth-order valence-electron chi connectivity index (χ4n) is 1.04. The third-order valence-corrected chi connectivity index (χ3v) is 3.03.